The number of hydrogen-bond acceptors (Lipinski definition) is 2. The highest BCUT2D eigenvalue weighted by Crippen LogP contribution is 2.23. The quantitative estimate of drug-likeness (QED) is 0.720. The van der Waals surface area contributed by atoms with E-state index in [2.05, 4.69) is 0 Å². The Labute approximate surface area is 82.1 Å². The lowest BCUT2D eigenvalue weighted by atomic mass is 10.1. The monoisotopic (exact) mass is 187 g/mol. The van der Waals surface area contributed by atoms with Crippen LogP contribution in [0.2, 0.25) is 0 Å². The molecule has 0 bridgehead atoms. The number of rotatable bonds is 1. The Hall–Kier alpha value is -1.96. The van der Waals surface area contributed by atoms with Gasteiger partial charge < -0.3 is 10.2 Å². The van der Waals surface area contributed by atoms with E-state index in [1.165, 1.54) is 0 Å². The summed E-state index contributed by atoms with van der Waals surface area (Å²) in [5, 5.41) is 18.2. The van der Waals surface area contributed by atoms with Crippen molar-refractivity contribution in [1.82, 2.24) is 0 Å². The van der Waals surface area contributed by atoms with Gasteiger partial charge in [-0.15, -0.1) is 0 Å². The minimum absolute atomic E-state index is 0.257. The van der Waals surface area contributed by atoms with Crippen LogP contribution in [-0.2, 0) is 0 Å². The number of benzene rings is 2. The first-order chi connectivity index (χ1) is 6.75. The van der Waals surface area contributed by atoms with E-state index >= 15 is 0 Å². The van der Waals surface area contributed by atoms with Gasteiger partial charge in [0.15, 0.2) is 0 Å². The Morgan fingerprint density at radius 2 is 0.786 bits per heavy atom. The zero-order chi connectivity index (χ0) is 9.97. The summed E-state index contributed by atoms with van der Waals surface area (Å²) >= 11 is 0. The van der Waals surface area contributed by atoms with E-state index in [0.717, 1.165) is 11.1 Å². The minimum atomic E-state index is 0.257. The van der Waals surface area contributed by atoms with Crippen molar-refractivity contribution in [3.63, 3.8) is 0 Å². The lowest BCUT2D eigenvalue weighted by Crippen LogP contribution is -1.75. The van der Waals surface area contributed by atoms with E-state index in [9.17, 15) is 0 Å². The van der Waals surface area contributed by atoms with Gasteiger partial charge in [0, 0.05) is 0 Å². The Morgan fingerprint density at radius 1 is 0.500 bits per heavy atom. The summed E-state index contributed by atoms with van der Waals surface area (Å²) in [6, 6.07) is 13.9. The highest BCUT2D eigenvalue weighted by Gasteiger charge is 1.96. The van der Waals surface area contributed by atoms with E-state index in [-0.39, 0.29) is 11.5 Å². The van der Waals surface area contributed by atoms with Gasteiger partial charge in [0.05, 0.1) is 0 Å². The van der Waals surface area contributed by atoms with Crippen LogP contribution in [0.5, 0.6) is 11.5 Å². The molecular formula is C12H10O2. The molecule has 0 saturated heterocycles. The second kappa shape index (κ2) is 3.42. The van der Waals surface area contributed by atoms with E-state index in [0.29, 0.717) is 0 Å². The van der Waals surface area contributed by atoms with Gasteiger partial charge in [0.1, 0.15) is 11.5 Å². The summed E-state index contributed by atoms with van der Waals surface area (Å²) in [7, 11) is 0. The maximum absolute atomic E-state index is 9.11. The van der Waals surface area contributed by atoms with Crippen LogP contribution < -0.4 is 0 Å². The highest BCUT2D eigenvalue weighted by atomic mass is 16.3. The fourth-order valence-corrected chi connectivity index (χ4v) is 1.31. The van der Waals surface area contributed by atoms with Gasteiger partial charge in [0.25, 0.3) is 0 Å². The Kier molecular flexibility index (Phi) is 2.11. The fraction of sp³-hybridized carbons (Fsp3) is 0. The first kappa shape index (κ1) is 8.63. The molecule has 14 heavy (non-hydrogen) atoms. The van der Waals surface area contributed by atoms with E-state index in [4.69, 9.17) is 10.2 Å². The Bertz CT molecular complexity index is 372. The standard InChI is InChI=1S/C12H10O2/c13-11-5-1-9(2-6-11)10-3-7-12(14)8-4-10/h1-8,13-14H/i11+1. The first-order valence-corrected chi connectivity index (χ1v) is 4.34. The molecule has 0 atom stereocenters. The Morgan fingerprint density at radius 3 is 1.07 bits per heavy atom. The zero-order valence-electron chi connectivity index (χ0n) is 7.51. The summed E-state index contributed by atoms with van der Waals surface area (Å²) in [6.07, 6.45) is 0. The molecule has 0 fully saturated rings. The fourth-order valence-electron chi connectivity index (χ4n) is 1.31. The molecule has 70 valence electrons. The van der Waals surface area contributed by atoms with Gasteiger partial charge in [-0.25, -0.2) is 0 Å². The molecule has 0 aliphatic carbocycles. The zero-order valence-corrected chi connectivity index (χ0v) is 7.51. The van der Waals surface area contributed by atoms with Crippen LogP contribution in [0.25, 0.3) is 11.1 Å². The molecule has 0 amide bonds. The summed E-state index contributed by atoms with van der Waals surface area (Å²) < 4.78 is 0. The van der Waals surface area contributed by atoms with Gasteiger partial charge in [0.2, 0.25) is 0 Å². The molecule has 0 unspecified atom stereocenters. The molecule has 0 aliphatic heterocycles. The molecular weight excluding hydrogens is 177 g/mol. The van der Waals surface area contributed by atoms with Crippen molar-refractivity contribution in [3.8, 4) is 22.6 Å². The SMILES string of the molecule is Oc1ccc(-c2cc[13c](O)cc2)cc1. The van der Waals surface area contributed by atoms with Gasteiger partial charge in [-0.1, -0.05) is 24.3 Å². The largest absolute Gasteiger partial charge is 0.508 e. The number of aromatic hydroxyl groups is 2. The number of phenols is 2. The second-order valence-corrected chi connectivity index (χ2v) is 3.09. The van der Waals surface area contributed by atoms with E-state index < -0.39 is 0 Å². The molecule has 0 saturated carbocycles. The third-order valence-electron chi connectivity index (χ3n) is 2.07. The van der Waals surface area contributed by atoms with Crippen molar-refractivity contribution in [2.45, 2.75) is 0 Å². The Balaban J connectivity index is 2.40. The van der Waals surface area contributed by atoms with Crippen LogP contribution >= 0.6 is 0 Å². The van der Waals surface area contributed by atoms with Crippen molar-refractivity contribution in [1.29, 1.82) is 0 Å². The molecule has 2 aromatic carbocycles. The van der Waals surface area contributed by atoms with Crippen LogP contribution in [0, 0.1) is 0 Å². The molecule has 0 radical (unpaired) electrons. The van der Waals surface area contributed by atoms with Crippen molar-refractivity contribution < 1.29 is 10.2 Å². The lowest BCUT2D eigenvalue weighted by molar-refractivity contribution is 0.474. The van der Waals surface area contributed by atoms with Crippen molar-refractivity contribution >= 4 is 0 Å². The van der Waals surface area contributed by atoms with E-state index in [1.54, 1.807) is 24.3 Å². The predicted octanol–water partition coefficient (Wildman–Crippen LogP) is 2.76. The molecule has 0 heterocycles. The predicted molar refractivity (Wildman–Crippen MR) is 55.2 cm³/mol. The maximum Gasteiger partial charge on any atom is 0.115 e. The van der Waals surface area contributed by atoms with Crippen LogP contribution in [0.4, 0.5) is 0 Å². The average Bonchev–Trinajstić information content (AvgIpc) is 2.21. The minimum Gasteiger partial charge on any atom is -0.508 e. The van der Waals surface area contributed by atoms with Gasteiger partial charge in [-0.2, -0.15) is 0 Å². The summed E-state index contributed by atoms with van der Waals surface area (Å²) in [4.78, 5) is 0. The molecule has 0 aromatic heterocycles. The summed E-state index contributed by atoms with van der Waals surface area (Å²) in [5.74, 6) is 0.514. The maximum atomic E-state index is 9.11. The molecule has 2 rings (SSSR count). The average molecular weight is 187 g/mol. The molecule has 2 aromatic rings. The third-order valence-corrected chi connectivity index (χ3v) is 2.07. The molecule has 0 spiro atoms. The normalized spacial score (nSPS) is 10.0. The van der Waals surface area contributed by atoms with E-state index in [1.807, 2.05) is 24.3 Å². The second-order valence-electron chi connectivity index (χ2n) is 3.09. The van der Waals surface area contributed by atoms with Gasteiger partial charge in [-0.05, 0) is 35.4 Å². The van der Waals surface area contributed by atoms with Crippen LogP contribution in [0.3, 0.4) is 0 Å². The third kappa shape index (κ3) is 1.69. The highest BCUT2D eigenvalue weighted by molar-refractivity contribution is 5.64. The smallest absolute Gasteiger partial charge is 0.115 e. The van der Waals surface area contributed by atoms with Gasteiger partial charge >= 0.3 is 0 Å². The van der Waals surface area contributed by atoms with Gasteiger partial charge in [-0.3, -0.25) is 0 Å². The number of hydrogen-bond donors (Lipinski definition) is 2. The number of phenolic OH excluding ortho intramolecular Hbond substituents is 2. The van der Waals surface area contributed by atoms with Crippen LogP contribution in [-0.4, -0.2) is 10.2 Å². The van der Waals surface area contributed by atoms with Crippen LogP contribution in [0.1, 0.15) is 0 Å². The lowest BCUT2D eigenvalue weighted by Gasteiger charge is -2.01. The summed E-state index contributed by atoms with van der Waals surface area (Å²) in [5.41, 5.74) is 2.03. The molecule has 0 aliphatic rings. The van der Waals surface area contributed by atoms with Crippen LogP contribution in [0.15, 0.2) is 48.5 Å². The molecule has 2 nitrogen and oxygen atoms in total. The first-order valence-electron chi connectivity index (χ1n) is 4.34. The van der Waals surface area contributed by atoms with Crippen molar-refractivity contribution in [2.75, 3.05) is 0 Å². The van der Waals surface area contributed by atoms with Crippen molar-refractivity contribution in [2.24, 2.45) is 0 Å². The topological polar surface area (TPSA) is 40.5 Å². The molecule has 2 heteroatoms. The van der Waals surface area contributed by atoms with Crippen molar-refractivity contribution in [3.05, 3.63) is 48.5 Å². The summed E-state index contributed by atoms with van der Waals surface area (Å²) in [6.45, 7) is 0. The molecule has 2 N–H and O–H groups in total.